The summed E-state index contributed by atoms with van der Waals surface area (Å²) < 4.78 is 25.1. The number of benzene rings is 1. The van der Waals surface area contributed by atoms with E-state index >= 15 is 0 Å². The number of piperidine rings is 1. The number of nitrogens with zero attached hydrogens (tertiary/aromatic N) is 2. The molecule has 0 spiro atoms. The molecule has 0 amide bonds. The lowest BCUT2D eigenvalue weighted by Crippen LogP contribution is -2.43. The fraction of sp³-hybridized carbons (Fsp3) is 0.647. The molecule has 1 fully saturated rings. The summed E-state index contributed by atoms with van der Waals surface area (Å²) in [6.07, 6.45) is 3.29. The fourth-order valence-corrected chi connectivity index (χ4v) is 4.31. The van der Waals surface area contributed by atoms with E-state index in [1.165, 1.54) is 6.26 Å². The molecule has 1 aromatic rings. The molecule has 0 bridgehead atoms. The number of phenols is 1. The van der Waals surface area contributed by atoms with Gasteiger partial charge in [0.25, 0.3) is 0 Å². The van der Waals surface area contributed by atoms with Crippen LogP contribution in [0.4, 0.5) is 0 Å². The molecule has 1 saturated heterocycles. The summed E-state index contributed by atoms with van der Waals surface area (Å²) in [5.74, 6) is 0.643. The maximum absolute atomic E-state index is 11.8. The third-order valence-corrected chi connectivity index (χ3v) is 6.02. The van der Waals surface area contributed by atoms with E-state index in [1.54, 1.807) is 16.4 Å². The molecule has 1 heterocycles. The zero-order chi connectivity index (χ0) is 17.0. The molecule has 2 atom stereocenters. The Hall–Kier alpha value is -1.11. The van der Waals surface area contributed by atoms with Crippen molar-refractivity contribution in [3.05, 3.63) is 29.8 Å². The number of hydrogen-bond donors (Lipinski definition) is 1. The van der Waals surface area contributed by atoms with Gasteiger partial charge < -0.3 is 5.11 Å². The maximum Gasteiger partial charge on any atom is 0.211 e. The Bertz CT molecular complexity index is 618. The molecule has 130 valence electrons. The van der Waals surface area contributed by atoms with E-state index < -0.39 is 10.0 Å². The minimum atomic E-state index is -3.10. The molecule has 1 aliphatic heterocycles. The molecule has 1 aromatic carbocycles. The molecule has 0 radical (unpaired) electrons. The van der Waals surface area contributed by atoms with Crippen molar-refractivity contribution in [2.24, 2.45) is 5.92 Å². The number of rotatable bonds is 6. The molecule has 0 aromatic heterocycles. The molecule has 1 N–H and O–H groups in total. The van der Waals surface area contributed by atoms with Gasteiger partial charge in [-0.05, 0) is 49.9 Å². The van der Waals surface area contributed by atoms with E-state index in [9.17, 15) is 13.5 Å². The van der Waals surface area contributed by atoms with Gasteiger partial charge in [-0.15, -0.1) is 0 Å². The Kier molecular flexibility index (Phi) is 6.06. The number of phenolic OH excluding ortho intramolecular Hbond substituents is 1. The van der Waals surface area contributed by atoms with Gasteiger partial charge in [0.05, 0.1) is 6.26 Å². The van der Waals surface area contributed by atoms with E-state index in [0.29, 0.717) is 19.0 Å². The van der Waals surface area contributed by atoms with Gasteiger partial charge in [-0.25, -0.2) is 12.7 Å². The highest BCUT2D eigenvalue weighted by atomic mass is 32.2. The number of aromatic hydroxyl groups is 1. The van der Waals surface area contributed by atoms with Crippen molar-refractivity contribution in [3.8, 4) is 5.75 Å². The monoisotopic (exact) mass is 340 g/mol. The quantitative estimate of drug-likeness (QED) is 0.864. The van der Waals surface area contributed by atoms with Crippen LogP contribution < -0.4 is 0 Å². The topological polar surface area (TPSA) is 60.9 Å². The van der Waals surface area contributed by atoms with Crippen LogP contribution in [0.3, 0.4) is 0 Å². The van der Waals surface area contributed by atoms with Crippen LogP contribution in [-0.2, 0) is 10.0 Å². The van der Waals surface area contributed by atoms with E-state index in [1.807, 2.05) is 12.1 Å². The lowest BCUT2D eigenvalue weighted by Gasteiger charge is -2.36. The van der Waals surface area contributed by atoms with Crippen LogP contribution in [0, 0.1) is 5.92 Å². The van der Waals surface area contributed by atoms with Gasteiger partial charge in [0.15, 0.2) is 0 Å². The second kappa shape index (κ2) is 7.64. The first-order chi connectivity index (χ1) is 10.8. The summed E-state index contributed by atoms with van der Waals surface area (Å²) in [6, 6.07) is 7.56. The minimum Gasteiger partial charge on any atom is -0.508 e. The molecule has 6 heteroatoms. The van der Waals surface area contributed by atoms with Crippen LogP contribution in [0.5, 0.6) is 5.75 Å². The van der Waals surface area contributed by atoms with Crippen LogP contribution >= 0.6 is 0 Å². The van der Waals surface area contributed by atoms with Gasteiger partial charge in [-0.3, -0.25) is 4.90 Å². The summed E-state index contributed by atoms with van der Waals surface area (Å²) in [7, 11) is -3.10. The third-order valence-electron chi connectivity index (χ3n) is 4.75. The van der Waals surface area contributed by atoms with Crippen molar-refractivity contribution < 1.29 is 13.5 Å². The first kappa shape index (κ1) is 18.2. The summed E-state index contributed by atoms with van der Waals surface area (Å²) in [5.41, 5.74) is 1.09. The molecule has 2 rings (SSSR count). The second-order valence-corrected chi connectivity index (χ2v) is 8.47. The highest BCUT2D eigenvalue weighted by Crippen LogP contribution is 2.26. The lowest BCUT2D eigenvalue weighted by molar-refractivity contribution is 0.150. The highest BCUT2D eigenvalue weighted by molar-refractivity contribution is 7.88. The van der Waals surface area contributed by atoms with Gasteiger partial charge in [0.1, 0.15) is 5.75 Å². The van der Waals surface area contributed by atoms with Gasteiger partial charge in [-0.1, -0.05) is 19.1 Å². The summed E-state index contributed by atoms with van der Waals surface area (Å²) in [4.78, 5) is 2.35. The average molecular weight is 340 g/mol. The predicted molar refractivity (Wildman–Crippen MR) is 92.9 cm³/mol. The summed E-state index contributed by atoms with van der Waals surface area (Å²) >= 11 is 0. The van der Waals surface area contributed by atoms with Crippen molar-refractivity contribution in [2.75, 3.05) is 32.4 Å². The van der Waals surface area contributed by atoms with Crippen molar-refractivity contribution in [2.45, 2.75) is 32.7 Å². The van der Waals surface area contributed by atoms with Crippen molar-refractivity contribution in [3.63, 3.8) is 0 Å². The lowest BCUT2D eigenvalue weighted by atomic mass is 9.97. The largest absolute Gasteiger partial charge is 0.508 e. The van der Waals surface area contributed by atoms with E-state index in [2.05, 4.69) is 18.7 Å². The zero-order valence-corrected chi connectivity index (χ0v) is 15.1. The highest BCUT2D eigenvalue weighted by Gasteiger charge is 2.28. The minimum absolute atomic E-state index is 0.195. The average Bonchev–Trinajstić information content (AvgIpc) is 2.51. The Morgan fingerprint density at radius 1 is 1.43 bits per heavy atom. The van der Waals surface area contributed by atoms with E-state index in [0.717, 1.165) is 31.5 Å². The number of hydrogen-bond acceptors (Lipinski definition) is 4. The predicted octanol–water partition coefficient (Wildman–Crippen LogP) is 2.45. The maximum atomic E-state index is 11.8. The van der Waals surface area contributed by atoms with Crippen LogP contribution in [0.2, 0.25) is 0 Å². The van der Waals surface area contributed by atoms with Gasteiger partial charge in [0, 0.05) is 25.7 Å². The normalized spacial score (nSPS) is 21.5. The SMILES string of the molecule is CCN(CC1CCCN(S(C)(=O)=O)C1)C(C)c1cccc(O)c1. The summed E-state index contributed by atoms with van der Waals surface area (Å²) in [5, 5.41) is 9.67. The second-order valence-electron chi connectivity index (χ2n) is 6.49. The van der Waals surface area contributed by atoms with Crippen LogP contribution in [-0.4, -0.2) is 55.2 Å². The molecule has 0 saturated carbocycles. The van der Waals surface area contributed by atoms with E-state index in [4.69, 9.17) is 0 Å². The number of sulfonamides is 1. The molecule has 23 heavy (non-hydrogen) atoms. The van der Waals surface area contributed by atoms with Crippen LogP contribution in [0.1, 0.15) is 38.3 Å². The van der Waals surface area contributed by atoms with Gasteiger partial charge in [0.2, 0.25) is 10.0 Å². The standard InChI is InChI=1S/C17H28N2O3S/c1-4-18(14(2)16-8-5-9-17(20)11-16)12-15-7-6-10-19(13-15)23(3,21)22/h5,8-9,11,14-15,20H,4,6-7,10,12-13H2,1-3H3. The first-order valence-corrected chi connectivity index (χ1v) is 10.1. The van der Waals surface area contributed by atoms with Crippen LogP contribution in [0.15, 0.2) is 24.3 Å². The Morgan fingerprint density at radius 3 is 2.78 bits per heavy atom. The molecule has 0 aliphatic carbocycles. The zero-order valence-electron chi connectivity index (χ0n) is 14.3. The molecule has 1 aliphatic rings. The smallest absolute Gasteiger partial charge is 0.211 e. The van der Waals surface area contributed by atoms with E-state index in [-0.39, 0.29) is 11.8 Å². The summed E-state index contributed by atoms with van der Waals surface area (Å²) in [6.45, 7) is 7.28. The van der Waals surface area contributed by atoms with Gasteiger partial charge in [-0.2, -0.15) is 0 Å². The molecule has 2 unspecified atom stereocenters. The van der Waals surface area contributed by atoms with Gasteiger partial charge >= 0.3 is 0 Å². The fourth-order valence-electron chi connectivity index (χ4n) is 3.37. The van der Waals surface area contributed by atoms with Crippen molar-refractivity contribution >= 4 is 10.0 Å². The Balaban J connectivity index is 2.04. The third kappa shape index (κ3) is 4.93. The Labute approximate surface area is 140 Å². The first-order valence-electron chi connectivity index (χ1n) is 8.29. The van der Waals surface area contributed by atoms with Crippen LogP contribution in [0.25, 0.3) is 0 Å². The molecular formula is C17H28N2O3S. The van der Waals surface area contributed by atoms with Crippen molar-refractivity contribution in [1.82, 2.24) is 9.21 Å². The molecule has 5 nitrogen and oxygen atoms in total. The van der Waals surface area contributed by atoms with Crippen molar-refractivity contribution in [1.29, 1.82) is 0 Å². The Morgan fingerprint density at radius 2 is 2.17 bits per heavy atom. The molecular weight excluding hydrogens is 312 g/mol.